The lowest BCUT2D eigenvalue weighted by molar-refractivity contribution is -0.133. The Bertz CT molecular complexity index is 735. The smallest absolute Gasteiger partial charge is 0.223 e. The maximum atomic E-state index is 12.3. The molecule has 138 valence electrons. The molecule has 0 saturated heterocycles. The molecule has 0 unspecified atom stereocenters. The molecular weight excluding hydrogens is 328 g/mol. The van der Waals surface area contributed by atoms with Gasteiger partial charge in [0.05, 0.1) is 17.9 Å². The van der Waals surface area contributed by atoms with E-state index < -0.39 is 0 Å². The van der Waals surface area contributed by atoms with Gasteiger partial charge in [0.25, 0.3) is 0 Å². The molecular formula is C20H26N4O2. The van der Waals surface area contributed by atoms with Crippen LogP contribution in [0.1, 0.15) is 44.2 Å². The summed E-state index contributed by atoms with van der Waals surface area (Å²) in [5.74, 6) is -0.0611. The predicted octanol–water partition coefficient (Wildman–Crippen LogP) is 2.87. The van der Waals surface area contributed by atoms with Crippen molar-refractivity contribution in [2.75, 3.05) is 7.05 Å². The fourth-order valence-electron chi connectivity index (χ4n) is 3.32. The summed E-state index contributed by atoms with van der Waals surface area (Å²) in [6.07, 6.45) is 4.96. The highest BCUT2D eigenvalue weighted by Gasteiger charge is 2.18. The Morgan fingerprint density at radius 3 is 2.65 bits per heavy atom. The zero-order valence-corrected chi connectivity index (χ0v) is 15.2. The Kier molecular flexibility index (Phi) is 6.04. The quantitative estimate of drug-likeness (QED) is 0.802. The van der Waals surface area contributed by atoms with E-state index in [0.29, 0.717) is 12.6 Å². The van der Waals surface area contributed by atoms with Crippen molar-refractivity contribution in [2.45, 2.75) is 51.1 Å². The Hall–Kier alpha value is -2.63. The number of hydrogen-bond acceptors (Lipinski definition) is 3. The van der Waals surface area contributed by atoms with Crippen molar-refractivity contribution in [3.63, 3.8) is 0 Å². The van der Waals surface area contributed by atoms with Crippen LogP contribution in [0.25, 0.3) is 11.3 Å². The van der Waals surface area contributed by atoms with Gasteiger partial charge in [-0.25, -0.2) is 0 Å². The van der Waals surface area contributed by atoms with Gasteiger partial charge in [0.2, 0.25) is 11.8 Å². The zero-order valence-electron chi connectivity index (χ0n) is 15.2. The minimum atomic E-state index is -0.0394. The van der Waals surface area contributed by atoms with Crippen LogP contribution in [-0.4, -0.2) is 40.0 Å². The second kappa shape index (κ2) is 8.65. The molecule has 2 aromatic rings. The fourth-order valence-corrected chi connectivity index (χ4v) is 3.32. The molecule has 1 fully saturated rings. The standard InChI is InChI=1S/C20H26N4O2/c1-24(20(26)12-11-19(25)21-16-9-5-6-10-16)14-17-13-18(23-22-17)15-7-3-2-4-8-15/h2-4,7-8,13,16H,5-6,9-12,14H2,1H3,(H,21,25)(H,22,23). The molecule has 1 aromatic carbocycles. The van der Waals surface area contributed by atoms with Crippen molar-refractivity contribution in [2.24, 2.45) is 0 Å². The minimum absolute atomic E-state index is 0.0217. The molecule has 1 heterocycles. The highest BCUT2D eigenvalue weighted by molar-refractivity contribution is 5.83. The van der Waals surface area contributed by atoms with Gasteiger partial charge in [-0.05, 0) is 18.9 Å². The summed E-state index contributed by atoms with van der Waals surface area (Å²) in [7, 11) is 1.75. The van der Waals surface area contributed by atoms with Gasteiger partial charge in [-0.2, -0.15) is 5.10 Å². The lowest BCUT2D eigenvalue weighted by Gasteiger charge is -2.16. The molecule has 26 heavy (non-hydrogen) atoms. The number of aromatic amines is 1. The highest BCUT2D eigenvalue weighted by Crippen LogP contribution is 2.18. The van der Waals surface area contributed by atoms with Crippen LogP contribution in [0.2, 0.25) is 0 Å². The minimum Gasteiger partial charge on any atom is -0.353 e. The molecule has 6 heteroatoms. The Morgan fingerprint density at radius 1 is 1.19 bits per heavy atom. The lowest BCUT2D eigenvalue weighted by atomic mass is 10.1. The molecule has 1 aliphatic rings. The van der Waals surface area contributed by atoms with Crippen molar-refractivity contribution >= 4 is 11.8 Å². The first-order chi connectivity index (χ1) is 12.6. The maximum absolute atomic E-state index is 12.3. The second-order valence-electron chi connectivity index (χ2n) is 6.94. The molecule has 0 radical (unpaired) electrons. The molecule has 1 saturated carbocycles. The van der Waals surface area contributed by atoms with Gasteiger partial charge >= 0.3 is 0 Å². The van der Waals surface area contributed by atoms with Crippen molar-refractivity contribution in [3.8, 4) is 11.3 Å². The van der Waals surface area contributed by atoms with E-state index in [1.54, 1.807) is 11.9 Å². The van der Waals surface area contributed by atoms with Crippen molar-refractivity contribution in [3.05, 3.63) is 42.1 Å². The monoisotopic (exact) mass is 354 g/mol. The summed E-state index contributed by atoms with van der Waals surface area (Å²) in [5, 5.41) is 10.3. The van der Waals surface area contributed by atoms with Crippen LogP contribution in [0.4, 0.5) is 0 Å². The molecule has 2 N–H and O–H groups in total. The van der Waals surface area contributed by atoms with E-state index in [9.17, 15) is 9.59 Å². The van der Waals surface area contributed by atoms with Crippen LogP contribution < -0.4 is 5.32 Å². The maximum Gasteiger partial charge on any atom is 0.223 e. The first-order valence-corrected chi connectivity index (χ1v) is 9.25. The number of aromatic nitrogens is 2. The summed E-state index contributed by atoms with van der Waals surface area (Å²) < 4.78 is 0. The molecule has 0 aliphatic heterocycles. The van der Waals surface area contributed by atoms with E-state index >= 15 is 0 Å². The number of benzene rings is 1. The van der Waals surface area contributed by atoms with Crippen molar-refractivity contribution in [1.82, 2.24) is 20.4 Å². The Morgan fingerprint density at radius 2 is 1.92 bits per heavy atom. The SMILES string of the molecule is CN(Cc1cc(-c2ccccc2)n[nH]1)C(=O)CCC(=O)NC1CCCC1. The molecule has 3 rings (SSSR count). The number of amides is 2. The summed E-state index contributed by atoms with van der Waals surface area (Å²) in [6.45, 7) is 0.447. The van der Waals surface area contributed by atoms with Gasteiger partial charge < -0.3 is 10.2 Å². The van der Waals surface area contributed by atoms with Crippen LogP contribution in [0, 0.1) is 0 Å². The van der Waals surface area contributed by atoms with Crippen LogP contribution in [0.3, 0.4) is 0 Å². The molecule has 1 aliphatic carbocycles. The number of nitrogens with one attached hydrogen (secondary N) is 2. The molecule has 6 nitrogen and oxygen atoms in total. The van der Waals surface area contributed by atoms with Gasteiger partial charge in [0.1, 0.15) is 0 Å². The first kappa shape index (κ1) is 18.2. The molecule has 0 spiro atoms. The lowest BCUT2D eigenvalue weighted by Crippen LogP contribution is -2.34. The van der Waals surface area contributed by atoms with Crippen LogP contribution in [0.15, 0.2) is 36.4 Å². The van der Waals surface area contributed by atoms with E-state index in [4.69, 9.17) is 0 Å². The molecule has 0 bridgehead atoms. The van der Waals surface area contributed by atoms with E-state index in [0.717, 1.165) is 29.8 Å². The third-order valence-corrected chi connectivity index (χ3v) is 4.82. The highest BCUT2D eigenvalue weighted by atomic mass is 16.2. The summed E-state index contributed by atoms with van der Waals surface area (Å²) in [5.41, 5.74) is 2.76. The average Bonchev–Trinajstić information content (AvgIpc) is 3.32. The fraction of sp³-hybridized carbons (Fsp3) is 0.450. The van der Waals surface area contributed by atoms with Crippen LogP contribution in [-0.2, 0) is 16.1 Å². The first-order valence-electron chi connectivity index (χ1n) is 9.25. The third kappa shape index (κ3) is 4.94. The van der Waals surface area contributed by atoms with Gasteiger partial charge in [-0.1, -0.05) is 43.2 Å². The van der Waals surface area contributed by atoms with Gasteiger partial charge in [0, 0.05) is 31.5 Å². The Balaban J connectivity index is 1.45. The zero-order chi connectivity index (χ0) is 18.4. The number of nitrogens with zero attached hydrogens (tertiary/aromatic N) is 2. The summed E-state index contributed by atoms with van der Waals surface area (Å²) >= 11 is 0. The average molecular weight is 354 g/mol. The molecule has 2 amide bonds. The molecule has 0 atom stereocenters. The summed E-state index contributed by atoms with van der Waals surface area (Å²) in [6, 6.07) is 12.1. The third-order valence-electron chi connectivity index (χ3n) is 4.82. The predicted molar refractivity (Wildman–Crippen MR) is 100 cm³/mol. The number of rotatable bonds is 7. The van der Waals surface area contributed by atoms with Gasteiger partial charge in [-0.15, -0.1) is 0 Å². The topological polar surface area (TPSA) is 78.1 Å². The van der Waals surface area contributed by atoms with E-state index in [-0.39, 0.29) is 24.7 Å². The van der Waals surface area contributed by atoms with Crippen LogP contribution >= 0.6 is 0 Å². The number of H-pyrrole nitrogens is 1. The Labute approximate surface area is 154 Å². The largest absolute Gasteiger partial charge is 0.353 e. The number of carbonyl (C=O) groups is 2. The number of carbonyl (C=O) groups excluding carboxylic acids is 2. The van der Waals surface area contributed by atoms with Crippen LogP contribution in [0.5, 0.6) is 0 Å². The normalized spacial score (nSPS) is 14.3. The van der Waals surface area contributed by atoms with Crippen molar-refractivity contribution in [1.29, 1.82) is 0 Å². The van der Waals surface area contributed by atoms with E-state index in [1.807, 2.05) is 36.4 Å². The summed E-state index contributed by atoms with van der Waals surface area (Å²) in [4.78, 5) is 25.9. The van der Waals surface area contributed by atoms with Crippen molar-refractivity contribution < 1.29 is 9.59 Å². The van der Waals surface area contributed by atoms with E-state index in [2.05, 4.69) is 15.5 Å². The van der Waals surface area contributed by atoms with Gasteiger partial charge in [0.15, 0.2) is 0 Å². The van der Waals surface area contributed by atoms with Gasteiger partial charge in [-0.3, -0.25) is 14.7 Å². The second-order valence-corrected chi connectivity index (χ2v) is 6.94. The molecule has 1 aromatic heterocycles. The van der Waals surface area contributed by atoms with E-state index in [1.165, 1.54) is 12.8 Å². The number of hydrogen-bond donors (Lipinski definition) is 2.